The summed E-state index contributed by atoms with van der Waals surface area (Å²) in [6.45, 7) is 0.666. The van der Waals surface area contributed by atoms with E-state index in [4.69, 9.17) is 0 Å². The second-order valence-corrected chi connectivity index (χ2v) is 7.00. The van der Waals surface area contributed by atoms with Crippen molar-refractivity contribution in [3.63, 3.8) is 0 Å². The van der Waals surface area contributed by atoms with Gasteiger partial charge in [-0.1, -0.05) is 22.4 Å². The molecule has 1 aromatic rings. The summed E-state index contributed by atoms with van der Waals surface area (Å²) in [5.74, 6) is 0.339. The Morgan fingerprint density at radius 1 is 1.50 bits per heavy atom. The van der Waals surface area contributed by atoms with E-state index < -0.39 is 0 Å². The average molecular weight is 424 g/mol. The highest BCUT2D eigenvalue weighted by molar-refractivity contribution is 14.1. The molecule has 3 nitrogen and oxygen atoms in total. The monoisotopic (exact) mass is 423 g/mol. The molecule has 0 spiro atoms. The Labute approximate surface area is 129 Å². The lowest BCUT2D eigenvalue weighted by Gasteiger charge is -2.15. The number of rotatable bonds is 3. The fourth-order valence-electron chi connectivity index (χ4n) is 2.23. The SMILES string of the molecule is O=C(NCC1CCCC1Br)c1cc(I)ccc1O. The number of hydrogen-bond acceptors (Lipinski definition) is 2. The number of alkyl halides is 1. The van der Waals surface area contributed by atoms with Gasteiger partial charge < -0.3 is 10.4 Å². The molecule has 18 heavy (non-hydrogen) atoms. The maximum atomic E-state index is 12.0. The van der Waals surface area contributed by atoms with E-state index in [1.54, 1.807) is 18.2 Å². The van der Waals surface area contributed by atoms with Crippen molar-refractivity contribution in [1.82, 2.24) is 5.32 Å². The molecule has 1 aliphatic carbocycles. The first-order valence-electron chi connectivity index (χ1n) is 5.98. The minimum atomic E-state index is -0.197. The Hall–Kier alpha value is -0.300. The molecular weight excluding hydrogens is 409 g/mol. The molecule has 1 fully saturated rings. The Morgan fingerprint density at radius 3 is 2.94 bits per heavy atom. The van der Waals surface area contributed by atoms with Crippen LogP contribution in [0, 0.1) is 9.49 Å². The highest BCUT2D eigenvalue weighted by Crippen LogP contribution is 2.31. The molecule has 0 aliphatic heterocycles. The van der Waals surface area contributed by atoms with Gasteiger partial charge in [-0.25, -0.2) is 0 Å². The summed E-state index contributed by atoms with van der Waals surface area (Å²) in [4.78, 5) is 12.5. The molecule has 1 saturated carbocycles. The maximum Gasteiger partial charge on any atom is 0.255 e. The van der Waals surface area contributed by atoms with E-state index in [9.17, 15) is 9.90 Å². The fourth-order valence-corrected chi connectivity index (χ4v) is 3.50. The van der Waals surface area contributed by atoms with Crippen LogP contribution in [-0.2, 0) is 0 Å². The zero-order chi connectivity index (χ0) is 13.1. The van der Waals surface area contributed by atoms with Gasteiger partial charge in [0.1, 0.15) is 5.75 Å². The van der Waals surface area contributed by atoms with Crippen molar-refractivity contribution in [1.29, 1.82) is 0 Å². The van der Waals surface area contributed by atoms with Crippen LogP contribution in [0.1, 0.15) is 29.6 Å². The van der Waals surface area contributed by atoms with Crippen LogP contribution in [0.25, 0.3) is 0 Å². The van der Waals surface area contributed by atoms with E-state index in [-0.39, 0.29) is 11.7 Å². The molecule has 0 aromatic heterocycles. The zero-order valence-electron chi connectivity index (χ0n) is 9.83. The van der Waals surface area contributed by atoms with Crippen molar-refractivity contribution in [2.75, 3.05) is 6.54 Å². The van der Waals surface area contributed by atoms with Gasteiger partial charge in [0.15, 0.2) is 0 Å². The van der Waals surface area contributed by atoms with Crippen molar-refractivity contribution >= 4 is 44.4 Å². The summed E-state index contributed by atoms with van der Waals surface area (Å²) >= 11 is 5.76. The lowest BCUT2D eigenvalue weighted by atomic mass is 10.1. The van der Waals surface area contributed by atoms with Gasteiger partial charge in [-0.2, -0.15) is 0 Å². The van der Waals surface area contributed by atoms with E-state index in [2.05, 4.69) is 43.8 Å². The molecule has 0 radical (unpaired) electrons. The van der Waals surface area contributed by atoms with E-state index in [1.165, 1.54) is 12.8 Å². The summed E-state index contributed by atoms with van der Waals surface area (Å²) in [5, 5.41) is 12.6. The molecular formula is C13H15BrINO2. The van der Waals surface area contributed by atoms with Crippen molar-refractivity contribution in [2.24, 2.45) is 5.92 Å². The molecule has 2 atom stereocenters. The minimum absolute atomic E-state index is 0.0368. The van der Waals surface area contributed by atoms with Crippen molar-refractivity contribution in [3.05, 3.63) is 27.3 Å². The minimum Gasteiger partial charge on any atom is -0.507 e. The Kier molecular flexibility index (Phi) is 4.89. The summed E-state index contributed by atoms with van der Waals surface area (Å²) in [6, 6.07) is 5.03. The van der Waals surface area contributed by atoms with Gasteiger partial charge in [-0.15, -0.1) is 0 Å². The number of nitrogens with one attached hydrogen (secondary N) is 1. The van der Waals surface area contributed by atoms with Gasteiger partial charge in [0.05, 0.1) is 5.56 Å². The zero-order valence-corrected chi connectivity index (χ0v) is 13.6. The van der Waals surface area contributed by atoms with Crippen LogP contribution in [0.2, 0.25) is 0 Å². The third-order valence-electron chi connectivity index (χ3n) is 3.29. The molecule has 0 bridgehead atoms. The summed E-state index contributed by atoms with van der Waals surface area (Å²) in [7, 11) is 0. The molecule has 2 unspecified atom stereocenters. The number of hydrogen-bond donors (Lipinski definition) is 2. The number of aromatic hydroxyl groups is 1. The largest absolute Gasteiger partial charge is 0.507 e. The fraction of sp³-hybridized carbons (Fsp3) is 0.462. The number of benzene rings is 1. The number of carbonyl (C=O) groups excluding carboxylic acids is 1. The molecule has 1 aromatic carbocycles. The first-order chi connectivity index (χ1) is 8.58. The molecule has 1 amide bonds. The number of phenolic OH excluding ortho intramolecular Hbond substituents is 1. The highest BCUT2D eigenvalue weighted by atomic mass is 127. The van der Waals surface area contributed by atoms with Crippen molar-refractivity contribution < 1.29 is 9.90 Å². The number of amides is 1. The summed E-state index contributed by atoms with van der Waals surface area (Å²) in [5.41, 5.74) is 0.353. The summed E-state index contributed by atoms with van der Waals surface area (Å²) < 4.78 is 0.940. The average Bonchev–Trinajstić information content (AvgIpc) is 2.75. The summed E-state index contributed by atoms with van der Waals surface area (Å²) in [6.07, 6.45) is 3.54. The lowest BCUT2D eigenvalue weighted by Crippen LogP contribution is -2.31. The van der Waals surface area contributed by atoms with Crippen molar-refractivity contribution in [3.8, 4) is 5.75 Å². The topological polar surface area (TPSA) is 49.3 Å². The maximum absolute atomic E-state index is 12.0. The number of carbonyl (C=O) groups is 1. The highest BCUT2D eigenvalue weighted by Gasteiger charge is 2.25. The van der Waals surface area contributed by atoms with Gasteiger partial charge in [0.2, 0.25) is 0 Å². The van der Waals surface area contributed by atoms with Gasteiger partial charge in [0, 0.05) is 14.9 Å². The standard InChI is InChI=1S/C13H15BrINO2/c14-11-3-1-2-8(11)7-16-13(18)10-6-9(15)4-5-12(10)17/h4-6,8,11,17H,1-3,7H2,(H,16,18). The van der Waals surface area contributed by atoms with Gasteiger partial charge in [0.25, 0.3) is 5.91 Å². The number of halogens is 2. The van der Waals surface area contributed by atoms with Crippen LogP contribution in [-0.4, -0.2) is 22.4 Å². The third kappa shape index (κ3) is 3.38. The molecule has 1 aliphatic rings. The third-order valence-corrected chi connectivity index (χ3v) is 5.17. The van der Waals surface area contributed by atoms with E-state index in [0.717, 1.165) is 9.99 Å². The molecule has 0 saturated heterocycles. The second kappa shape index (κ2) is 6.23. The quantitative estimate of drug-likeness (QED) is 0.578. The van der Waals surface area contributed by atoms with Crippen LogP contribution in [0.5, 0.6) is 5.75 Å². The van der Waals surface area contributed by atoms with Crippen LogP contribution >= 0.6 is 38.5 Å². The van der Waals surface area contributed by atoms with Crippen LogP contribution in [0.15, 0.2) is 18.2 Å². The molecule has 0 heterocycles. The molecule has 98 valence electrons. The van der Waals surface area contributed by atoms with Crippen LogP contribution < -0.4 is 5.32 Å². The second-order valence-electron chi connectivity index (χ2n) is 4.58. The van der Waals surface area contributed by atoms with E-state index in [0.29, 0.717) is 22.9 Å². The van der Waals surface area contributed by atoms with Gasteiger partial charge in [-0.3, -0.25) is 4.79 Å². The Morgan fingerprint density at radius 2 is 2.28 bits per heavy atom. The van der Waals surface area contributed by atoms with E-state index in [1.807, 2.05) is 0 Å². The molecule has 2 rings (SSSR count). The van der Waals surface area contributed by atoms with Crippen LogP contribution in [0.4, 0.5) is 0 Å². The molecule has 2 N–H and O–H groups in total. The predicted molar refractivity (Wildman–Crippen MR) is 83.2 cm³/mol. The van der Waals surface area contributed by atoms with Gasteiger partial charge in [-0.05, 0) is 59.5 Å². The van der Waals surface area contributed by atoms with Gasteiger partial charge >= 0.3 is 0 Å². The number of phenols is 1. The lowest BCUT2D eigenvalue weighted by molar-refractivity contribution is 0.0945. The Bertz CT molecular complexity index is 453. The van der Waals surface area contributed by atoms with Crippen LogP contribution in [0.3, 0.4) is 0 Å². The first kappa shape index (κ1) is 14.1. The predicted octanol–water partition coefficient (Wildman–Crippen LogP) is 3.29. The molecule has 5 heteroatoms. The Balaban J connectivity index is 1.97. The first-order valence-corrected chi connectivity index (χ1v) is 7.98. The van der Waals surface area contributed by atoms with Crippen molar-refractivity contribution in [2.45, 2.75) is 24.1 Å². The van der Waals surface area contributed by atoms with E-state index >= 15 is 0 Å². The smallest absolute Gasteiger partial charge is 0.255 e. The normalized spacial score (nSPS) is 23.0.